The number of alkyl halides is 3. The maximum absolute atomic E-state index is 13.2. The molecule has 3 nitrogen and oxygen atoms in total. The zero-order chi connectivity index (χ0) is 16.2. The molecule has 1 amide bonds. The second-order valence-corrected chi connectivity index (χ2v) is 5.66. The molecular formula is C15H17ClF3NO2. The number of amides is 1. The molecule has 1 aromatic carbocycles. The monoisotopic (exact) mass is 335 g/mol. The van der Waals surface area contributed by atoms with E-state index in [0.717, 1.165) is 0 Å². The minimum atomic E-state index is -4.42. The van der Waals surface area contributed by atoms with Crippen LogP contribution in [0.1, 0.15) is 18.4 Å². The lowest BCUT2D eigenvalue weighted by molar-refractivity contribution is -0.242. The average Bonchev–Trinajstić information content (AvgIpc) is 2.47. The minimum absolute atomic E-state index is 0.0837. The summed E-state index contributed by atoms with van der Waals surface area (Å²) < 4.78 is 44.9. The van der Waals surface area contributed by atoms with Crippen LogP contribution in [-0.2, 0) is 11.3 Å². The van der Waals surface area contributed by atoms with Gasteiger partial charge in [-0.1, -0.05) is 30.3 Å². The molecule has 0 aliphatic carbocycles. The Hall–Kier alpha value is -1.27. The van der Waals surface area contributed by atoms with Crippen LogP contribution < -0.4 is 0 Å². The van der Waals surface area contributed by atoms with Gasteiger partial charge < -0.3 is 9.64 Å². The molecule has 0 aromatic heterocycles. The minimum Gasteiger partial charge on any atom is -0.364 e. The molecule has 122 valence electrons. The van der Waals surface area contributed by atoms with Crippen LogP contribution in [-0.4, -0.2) is 35.6 Å². The Balaban J connectivity index is 1.97. The fourth-order valence-corrected chi connectivity index (χ4v) is 2.81. The van der Waals surface area contributed by atoms with E-state index < -0.39 is 23.6 Å². The third-order valence-electron chi connectivity index (χ3n) is 3.81. The van der Waals surface area contributed by atoms with Crippen LogP contribution in [0.3, 0.4) is 0 Å². The summed E-state index contributed by atoms with van der Waals surface area (Å²) >= 11 is 5.35. The number of hydrogen-bond acceptors (Lipinski definition) is 2. The van der Waals surface area contributed by atoms with Crippen molar-refractivity contribution in [2.45, 2.75) is 31.7 Å². The van der Waals surface area contributed by atoms with Crippen molar-refractivity contribution in [3.63, 3.8) is 0 Å². The highest BCUT2D eigenvalue weighted by Gasteiger charge is 2.46. The van der Waals surface area contributed by atoms with E-state index >= 15 is 0 Å². The number of carbonyl (C=O) groups is 1. The van der Waals surface area contributed by atoms with Crippen LogP contribution in [0.2, 0.25) is 0 Å². The van der Waals surface area contributed by atoms with E-state index in [-0.39, 0.29) is 32.5 Å². The molecule has 1 aliphatic rings. The predicted octanol–water partition coefficient (Wildman–Crippen LogP) is 4.20. The molecule has 1 saturated heterocycles. The lowest BCUT2D eigenvalue weighted by Crippen LogP contribution is -2.45. The lowest BCUT2D eigenvalue weighted by Gasteiger charge is -2.35. The molecule has 0 radical (unpaired) electrons. The molecule has 7 heteroatoms. The first-order valence-corrected chi connectivity index (χ1v) is 7.42. The summed E-state index contributed by atoms with van der Waals surface area (Å²) in [6.07, 6.45) is -5.78. The first kappa shape index (κ1) is 17.1. The Labute approximate surface area is 132 Å². The van der Waals surface area contributed by atoms with Crippen molar-refractivity contribution in [2.75, 3.05) is 13.1 Å². The number of halogens is 4. The zero-order valence-corrected chi connectivity index (χ0v) is 12.6. The Morgan fingerprint density at radius 3 is 2.36 bits per heavy atom. The van der Waals surface area contributed by atoms with Gasteiger partial charge in [-0.05, 0) is 35.9 Å². The van der Waals surface area contributed by atoms with Gasteiger partial charge in [0.2, 0.25) is 0 Å². The molecular weight excluding hydrogens is 319 g/mol. The lowest BCUT2D eigenvalue weighted by atomic mass is 9.91. The molecule has 0 bridgehead atoms. The van der Waals surface area contributed by atoms with E-state index in [2.05, 4.69) is 0 Å². The van der Waals surface area contributed by atoms with Crippen LogP contribution >= 0.6 is 11.6 Å². The smallest absolute Gasteiger partial charge is 0.364 e. The van der Waals surface area contributed by atoms with Crippen LogP contribution in [0.4, 0.5) is 18.0 Å². The van der Waals surface area contributed by atoms with Gasteiger partial charge in [0.15, 0.2) is 6.10 Å². The largest absolute Gasteiger partial charge is 0.414 e. The number of benzene rings is 1. The van der Waals surface area contributed by atoms with Gasteiger partial charge in [0, 0.05) is 13.1 Å². The fraction of sp³-hybridized carbons (Fsp3) is 0.533. The van der Waals surface area contributed by atoms with Crippen LogP contribution in [0, 0.1) is 5.92 Å². The Morgan fingerprint density at radius 1 is 1.27 bits per heavy atom. The molecule has 1 unspecified atom stereocenters. The maximum Gasteiger partial charge on any atom is 0.414 e. The van der Waals surface area contributed by atoms with E-state index in [1.165, 1.54) is 4.90 Å². The van der Waals surface area contributed by atoms with E-state index in [9.17, 15) is 18.0 Å². The zero-order valence-electron chi connectivity index (χ0n) is 11.9. The van der Waals surface area contributed by atoms with Gasteiger partial charge in [0.05, 0.1) is 6.61 Å². The van der Waals surface area contributed by atoms with Gasteiger partial charge in [-0.25, -0.2) is 0 Å². The first-order chi connectivity index (χ1) is 10.4. The van der Waals surface area contributed by atoms with Gasteiger partial charge in [-0.15, -0.1) is 0 Å². The Kier molecular flexibility index (Phi) is 5.69. The van der Waals surface area contributed by atoms with Gasteiger partial charge in [-0.2, -0.15) is 13.2 Å². The number of piperidine rings is 1. The van der Waals surface area contributed by atoms with Crippen molar-refractivity contribution < 1.29 is 22.7 Å². The van der Waals surface area contributed by atoms with E-state index in [4.69, 9.17) is 16.3 Å². The highest BCUT2D eigenvalue weighted by atomic mass is 35.5. The van der Waals surface area contributed by atoms with Crippen molar-refractivity contribution >= 4 is 17.0 Å². The number of nitrogens with zero attached hydrogens (tertiary/aromatic N) is 1. The van der Waals surface area contributed by atoms with E-state index in [1.54, 1.807) is 30.3 Å². The van der Waals surface area contributed by atoms with Crippen LogP contribution in [0.25, 0.3) is 0 Å². The Bertz CT molecular complexity index is 487. The summed E-state index contributed by atoms with van der Waals surface area (Å²) in [7, 11) is 0. The maximum atomic E-state index is 13.2. The number of rotatable bonds is 4. The van der Waals surface area contributed by atoms with Gasteiger partial charge in [-0.3, -0.25) is 4.79 Å². The summed E-state index contributed by atoms with van der Waals surface area (Å²) in [4.78, 5) is 12.4. The topological polar surface area (TPSA) is 29.5 Å². The summed E-state index contributed by atoms with van der Waals surface area (Å²) in [5, 5.41) is -0.618. The second-order valence-electron chi connectivity index (χ2n) is 5.34. The van der Waals surface area contributed by atoms with Crippen LogP contribution in [0.5, 0.6) is 0 Å². The van der Waals surface area contributed by atoms with Crippen molar-refractivity contribution in [3.05, 3.63) is 35.9 Å². The average molecular weight is 336 g/mol. The van der Waals surface area contributed by atoms with Gasteiger partial charge in [0.1, 0.15) is 0 Å². The Morgan fingerprint density at radius 2 is 1.86 bits per heavy atom. The van der Waals surface area contributed by atoms with Crippen molar-refractivity contribution in [1.82, 2.24) is 4.90 Å². The third kappa shape index (κ3) is 4.61. The van der Waals surface area contributed by atoms with E-state index in [0.29, 0.717) is 5.56 Å². The molecule has 1 fully saturated rings. The molecule has 1 heterocycles. The third-order valence-corrected chi connectivity index (χ3v) is 4.05. The number of hydrogen-bond donors (Lipinski definition) is 0. The van der Waals surface area contributed by atoms with Gasteiger partial charge in [0.25, 0.3) is 0 Å². The highest BCUT2D eigenvalue weighted by molar-refractivity contribution is 6.62. The standard InChI is InChI=1S/C15H17ClF3NO2/c16-14(21)20-8-6-12(7-9-20)13(15(17,18)19)22-10-11-4-2-1-3-5-11/h1-5,12-13H,6-10H2. The number of likely N-dealkylation sites (tertiary alicyclic amines) is 1. The second kappa shape index (κ2) is 7.33. The number of carbonyl (C=O) groups excluding carboxylic acids is 1. The predicted molar refractivity (Wildman–Crippen MR) is 76.6 cm³/mol. The molecule has 2 rings (SSSR count). The van der Waals surface area contributed by atoms with E-state index in [1.807, 2.05) is 0 Å². The molecule has 0 spiro atoms. The van der Waals surface area contributed by atoms with Crippen LogP contribution in [0.15, 0.2) is 30.3 Å². The molecule has 1 atom stereocenters. The molecule has 1 aliphatic heterocycles. The molecule has 0 saturated carbocycles. The number of ether oxygens (including phenoxy) is 1. The normalized spacial score (nSPS) is 18.3. The highest BCUT2D eigenvalue weighted by Crippen LogP contribution is 2.34. The SMILES string of the molecule is O=C(Cl)N1CCC(C(OCc2ccccc2)C(F)(F)F)CC1. The quantitative estimate of drug-likeness (QED) is 0.609. The van der Waals surface area contributed by atoms with Crippen molar-refractivity contribution in [1.29, 1.82) is 0 Å². The molecule has 1 aromatic rings. The summed E-state index contributed by atoms with van der Waals surface area (Å²) in [5.41, 5.74) is 0.699. The van der Waals surface area contributed by atoms with Gasteiger partial charge >= 0.3 is 11.5 Å². The molecule has 0 N–H and O–H groups in total. The summed E-state index contributed by atoms with van der Waals surface area (Å²) in [6.45, 7) is 0.377. The molecule has 22 heavy (non-hydrogen) atoms. The van der Waals surface area contributed by atoms with Crippen molar-refractivity contribution in [3.8, 4) is 0 Å². The van der Waals surface area contributed by atoms with Crippen molar-refractivity contribution in [2.24, 2.45) is 5.92 Å². The summed E-state index contributed by atoms with van der Waals surface area (Å²) in [6, 6.07) is 8.76. The summed E-state index contributed by atoms with van der Waals surface area (Å²) in [5.74, 6) is -0.657. The fourth-order valence-electron chi connectivity index (χ4n) is 2.64. The first-order valence-electron chi connectivity index (χ1n) is 7.04.